The minimum Gasteiger partial charge on any atom is -0.263 e. The van der Waals surface area contributed by atoms with E-state index in [0.717, 1.165) is 0 Å². The van der Waals surface area contributed by atoms with E-state index in [1.165, 1.54) is 6.07 Å². The Labute approximate surface area is 108 Å². The molecule has 0 N–H and O–H groups in total. The molecule has 1 nitrogen and oxygen atoms in total. The molecular formula is C11H9Cl3FN. The molecule has 0 aromatic heterocycles. The van der Waals surface area contributed by atoms with Crippen LogP contribution in [0.5, 0.6) is 0 Å². The third kappa shape index (κ3) is 1.55. The molecule has 0 fully saturated rings. The van der Waals surface area contributed by atoms with Gasteiger partial charge in [-0.25, -0.2) is 4.39 Å². The second kappa shape index (κ2) is 3.59. The minimum atomic E-state index is -1.42. The number of hydrogen-bond donors (Lipinski definition) is 0. The number of nitrogens with zero attached hydrogens (tertiary/aromatic N) is 1. The second-order valence-electron chi connectivity index (χ2n) is 4.20. The number of halogens is 4. The van der Waals surface area contributed by atoms with Crippen molar-refractivity contribution in [1.82, 2.24) is 0 Å². The first kappa shape index (κ1) is 12.2. The smallest absolute Gasteiger partial charge is 0.171 e. The Morgan fingerprint density at radius 3 is 2.50 bits per heavy atom. The highest BCUT2D eigenvalue weighted by atomic mass is 35.5. The third-order valence-corrected chi connectivity index (χ3v) is 4.29. The molecule has 0 aliphatic carbocycles. The highest BCUT2D eigenvalue weighted by Gasteiger charge is 2.49. The average Bonchev–Trinajstić information content (AvgIpc) is 2.14. The van der Waals surface area contributed by atoms with E-state index in [-0.39, 0.29) is 10.7 Å². The number of alkyl halides is 2. The van der Waals surface area contributed by atoms with Gasteiger partial charge < -0.3 is 0 Å². The Balaban J connectivity index is 2.81. The average molecular weight is 281 g/mol. The highest BCUT2D eigenvalue weighted by molar-refractivity contribution is 6.70. The second-order valence-corrected chi connectivity index (χ2v) is 5.88. The fourth-order valence-electron chi connectivity index (χ4n) is 1.70. The maximum Gasteiger partial charge on any atom is 0.171 e. The van der Waals surface area contributed by atoms with E-state index in [9.17, 15) is 4.39 Å². The molecule has 2 rings (SSSR count). The number of benzene rings is 1. The van der Waals surface area contributed by atoms with Crippen LogP contribution in [0.25, 0.3) is 0 Å². The zero-order valence-corrected chi connectivity index (χ0v) is 11.0. The molecule has 5 heteroatoms. The van der Waals surface area contributed by atoms with Gasteiger partial charge in [-0.15, -0.1) is 0 Å². The van der Waals surface area contributed by atoms with Crippen molar-refractivity contribution in [3.63, 3.8) is 0 Å². The van der Waals surface area contributed by atoms with Crippen LogP contribution in [0.3, 0.4) is 0 Å². The monoisotopic (exact) mass is 279 g/mol. The van der Waals surface area contributed by atoms with E-state index in [4.69, 9.17) is 34.8 Å². The molecule has 0 atom stereocenters. The van der Waals surface area contributed by atoms with Crippen LogP contribution >= 0.6 is 34.8 Å². The lowest BCUT2D eigenvalue weighted by molar-refractivity contribution is 0.441. The summed E-state index contributed by atoms with van der Waals surface area (Å²) in [6.45, 7) is 3.43. The highest BCUT2D eigenvalue weighted by Crippen LogP contribution is 2.51. The van der Waals surface area contributed by atoms with Crippen LogP contribution in [-0.2, 0) is 4.33 Å². The Hall–Kier alpha value is -0.310. The van der Waals surface area contributed by atoms with E-state index < -0.39 is 15.7 Å². The predicted molar refractivity (Wildman–Crippen MR) is 66.3 cm³/mol. The lowest BCUT2D eigenvalue weighted by Gasteiger charge is -2.39. The molecule has 0 saturated heterocycles. The Bertz CT molecular complexity index is 480. The number of hydrogen-bond acceptors (Lipinski definition) is 1. The summed E-state index contributed by atoms with van der Waals surface area (Å²) in [5.74, 6) is -0.469. The lowest BCUT2D eigenvalue weighted by Crippen LogP contribution is -2.42. The van der Waals surface area contributed by atoms with Gasteiger partial charge in [-0.1, -0.05) is 46.9 Å². The van der Waals surface area contributed by atoms with Crippen LogP contribution in [0.15, 0.2) is 23.2 Å². The lowest BCUT2D eigenvalue weighted by atomic mass is 9.88. The van der Waals surface area contributed by atoms with Crippen molar-refractivity contribution in [2.24, 2.45) is 4.99 Å². The summed E-state index contributed by atoms with van der Waals surface area (Å²) in [6.07, 6.45) is 0. The van der Waals surface area contributed by atoms with Crippen molar-refractivity contribution in [2.45, 2.75) is 23.7 Å². The van der Waals surface area contributed by atoms with E-state index in [1.54, 1.807) is 26.0 Å². The summed E-state index contributed by atoms with van der Waals surface area (Å²) in [7, 11) is 0. The summed E-state index contributed by atoms with van der Waals surface area (Å²) >= 11 is 18.4. The fourth-order valence-corrected chi connectivity index (χ4v) is 2.53. The van der Waals surface area contributed by atoms with Crippen molar-refractivity contribution in [3.05, 3.63) is 35.1 Å². The number of aliphatic imine (C=N–C) groups is 1. The van der Waals surface area contributed by atoms with Gasteiger partial charge in [-0.05, 0) is 19.9 Å². The van der Waals surface area contributed by atoms with Gasteiger partial charge in [0.15, 0.2) is 4.33 Å². The van der Waals surface area contributed by atoms with Crippen molar-refractivity contribution in [1.29, 1.82) is 0 Å². The van der Waals surface area contributed by atoms with E-state index in [2.05, 4.69) is 4.99 Å². The fraction of sp³-hybridized carbons (Fsp3) is 0.364. The molecule has 0 bridgehead atoms. The van der Waals surface area contributed by atoms with Gasteiger partial charge in [0.1, 0.15) is 11.0 Å². The zero-order valence-electron chi connectivity index (χ0n) is 8.69. The standard InChI is InChI=1S/C11H9Cl3FN/c1-10(2)11(13,14)8-6(9(12)16-10)4-3-5-7(8)15/h3-5H,1-2H3. The van der Waals surface area contributed by atoms with Gasteiger partial charge in [-0.2, -0.15) is 0 Å². The van der Waals surface area contributed by atoms with Crippen LogP contribution in [0.2, 0.25) is 0 Å². The summed E-state index contributed by atoms with van der Waals surface area (Å²) < 4.78 is 12.4. The summed E-state index contributed by atoms with van der Waals surface area (Å²) in [5.41, 5.74) is -0.225. The summed E-state index contributed by atoms with van der Waals surface area (Å²) in [4.78, 5) is 4.20. The molecule has 0 spiro atoms. The molecule has 0 saturated carbocycles. The van der Waals surface area contributed by atoms with Crippen LogP contribution in [0, 0.1) is 5.82 Å². The van der Waals surface area contributed by atoms with Gasteiger partial charge in [0.05, 0.1) is 5.54 Å². The third-order valence-electron chi connectivity index (χ3n) is 2.70. The van der Waals surface area contributed by atoms with E-state index in [1.807, 2.05) is 0 Å². The van der Waals surface area contributed by atoms with Crippen LogP contribution in [-0.4, -0.2) is 10.7 Å². The summed E-state index contributed by atoms with van der Waals surface area (Å²) in [6, 6.07) is 4.51. The molecular weight excluding hydrogens is 271 g/mol. The van der Waals surface area contributed by atoms with Crippen molar-refractivity contribution in [3.8, 4) is 0 Å². The van der Waals surface area contributed by atoms with Crippen molar-refractivity contribution < 1.29 is 4.39 Å². The van der Waals surface area contributed by atoms with Gasteiger partial charge in [0.25, 0.3) is 0 Å². The van der Waals surface area contributed by atoms with E-state index in [0.29, 0.717) is 5.56 Å². The van der Waals surface area contributed by atoms with Crippen LogP contribution in [0.4, 0.5) is 4.39 Å². The molecule has 0 unspecified atom stereocenters. The first-order valence-electron chi connectivity index (χ1n) is 4.70. The SMILES string of the molecule is CC1(C)N=C(Cl)c2cccc(F)c2C1(Cl)Cl. The van der Waals surface area contributed by atoms with Gasteiger partial charge in [0.2, 0.25) is 0 Å². The molecule has 16 heavy (non-hydrogen) atoms. The largest absolute Gasteiger partial charge is 0.263 e. The molecule has 0 radical (unpaired) electrons. The Morgan fingerprint density at radius 1 is 1.25 bits per heavy atom. The van der Waals surface area contributed by atoms with E-state index >= 15 is 0 Å². The number of fused-ring (bicyclic) bond motifs is 1. The van der Waals surface area contributed by atoms with Crippen LogP contribution < -0.4 is 0 Å². The first-order chi connectivity index (χ1) is 7.27. The predicted octanol–water partition coefficient (Wildman–Crippen LogP) is 4.23. The maximum absolute atomic E-state index is 13.8. The molecule has 1 aromatic carbocycles. The maximum atomic E-state index is 13.8. The number of rotatable bonds is 0. The molecule has 86 valence electrons. The zero-order chi connectivity index (χ0) is 12.1. The molecule has 1 heterocycles. The normalized spacial score (nSPS) is 21.2. The first-order valence-corrected chi connectivity index (χ1v) is 5.83. The van der Waals surface area contributed by atoms with Crippen LogP contribution in [0.1, 0.15) is 25.0 Å². The van der Waals surface area contributed by atoms with Crippen molar-refractivity contribution >= 4 is 40.0 Å². The Morgan fingerprint density at radius 2 is 1.88 bits per heavy atom. The topological polar surface area (TPSA) is 12.4 Å². The van der Waals surface area contributed by atoms with Gasteiger partial charge >= 0.3 is 0 Å². The molecule has 1 aliphatic rings. The summed E-state index contributed by atoms with van der Waals surface area (Å²) in [5, 5.41) is 0.233. The molecule has 1 aromatic rings. The minimum absolute atomic E-state index is 0.198. The molecule has 0 amide bonds. The van der Waals surface area contributed by atoms with Gasteiger partial charge in [0, 0.05) is 11.1 Å². The molecule has 1 aliphatic heterocycles. The van der Waals surface area contributed by atoms with Gasteiger partial charge in [-0.3, -0.25) is 4.99 Å². The quantitative estimate of drug-likeness (QED) is 0.631. The van der Waals surface area contributed by atoms with Crippen molar-refractivity contribution in [2.75, 3.05) is 0 Å². The Kier molecular flexibility index (Phi) is 2.73.